The highest BCUT2D eigenvalue weighted by Gasteiger charge is 2.24. The van der Waals surface area contributed by atoms with Crippen molar-refractivity contribution < 1.29 is 19.1 Å². The smallest absolute Gasteiger partial charge is 0.410 e. The van der Waals surface area contributed by atoms with Gasteiger partial charge in [-0.1, -0.05) is 6.07 Å². The lowest BCUT2D eigenvalue weighted by atomic mass is 10.2. The number of hydrogen-bond donors (Lipinski definition) is 0. The second-order valence-corrected chi connectivity index (χ2v) is 7.01. The third kappa shape index (κ3) is 6.70. The fourth-order valence-electron chi connectivity index (χ4n) is 2.47. The standard InChI is InChI=1S/C18H27N3O4/c1-18(2,3)25-17(23)21(14-15-5-4-7-19-13-15)8-6-16(22)20-9-11-24-12-10-20/h4-5,7,13H,6,8-12,14H2,1-3H3. The molecule has 0 bridgehead atoms. The van der Waals surface area contributed by atoms with Gasteiger partial charge in [-0.15, -0.1) is 0 Å². The zero-order valence-electron chi connectivity index (χ0n) is 15.2. The van der Waals surface area contributed by atoms with E-state index in [-0.39, 0.29) is 12.3 Å². The van der Waals surface area contributed by atoms with Crippen LogP contribution in [0.3, 0.4) is 0 Å². The van der Waals surface area contributed by atoms with Crippen LogP contribution < -0.4 is 0 Å². The van der Waals surface area contributed by atoms with Crippen LogP contribution in [0.1, 0.15) is 32.8 Å². The Bertz CT molecular complexity index is 565. The maximum absolute atomic E-state index is 12.5. The molecule has 2 amide bonds. The SMILES string of the molecule is CC(C)(C)OC(=O)N(CCC(=O)N1CCOCC1)Cc1cccnc1. The minimum atomic E-state index is -0.585. The lowest BCUT2D eigenvalue weighted by molar-refractivity contribution is -0.135. The van der Waals surface area contributed by atoms with Crippen molar-refractivity contribution in [2.75, 3.05) is 32.8 Å². The number of carbonyl (C=O) groups is 2. The van der Waals surface area contributed by atoms with Crippen molar-refractivity contribution in [3.63, 3.8) is 0 Å². The largest absolute Gasteiger partial charge is 0.444 e. The van der Waals surface area contributed by atoms with Crippen molar-refractivity contribution in [1.82, 2.24) is 14.8 Å². The Balaban J connectivity index is 1.97. The molecule has 0 aliphatic carbocycles. The summed E-state index contributed by atoms with van der Waals surface area (Å²) in [4.78, 5) is 32.2. The third-order valence-electron chi connectivity index (χ3n) is 3.71. The van der Waals surface area contributed by atoms with E-state index in [9.17, 15) is 9.59 Å². The van der Waals surface area contributed by atoms with E-state index in [1.54, 1.807) is 22.2 Å². The zero-order valence-corrected chi connectivity index (χ0v) is 15.2. The summed E-state index contributed by atoms with van der Waals surface area (Å²) in [5, 5.41) is 0. The van der Waals surface area contributed by atoms with Gasteiger partial charge in [0.25, 0.3) is 0 Å². The van der Waals surface area contributed by atoms with Gasteiger partial charge in [-0.25, -0.2) is 4.79 Å². The van der Waals surface area contributed by atoms with Crippen molar-refractivity contribution in [2.24, 2.45) is 0 Å². The molecular formula is C18H27N3O4. The molecule has 1 aliphatic rings. The van der Waals surface area contributed by atoms with Crippen molar-refractivity contribution in [1.29, 1.82) is 0 Å². The van der Waals surface area contributed by atoms with Gasteiger partial charge in [0, 0.05) is 38.4 Å². The third-order valence-corrected chi connectivity index (χ3v) is 3.71. The van der Waals surface area contributed by atoms with Crippen LogP contribution in [0, 0.1) is 0 Å². The van der Waals surface area contributed by atoms with Crippen LogP contribution in [0.5, 0.6) is 0 Å². The number of pyridine rings is 1. The first-order chi connectivity index (χ1) is 11.8. The van der Waals surface area contributed by atoms with E-state index >= 15 is 0 Å². The lowest BCUT2D eigenvalue weighted by Crippen LogP contribution is -2.43. The summed E-state index contributed by atoms with van der Waals surface area (Å²) in [7, 11) is 0. The summed E-state index contributed by atoms with van der Waals surface area (Å²) >= 11 is 0. The number of hydrogen-bond acceptors (Lipinski definition) is 5. The van der Waals surface area contributed by atoms with Crippen LogP contribution in [0.4, 0.5) is 4.79 Å². The van der Waals surface area contributed by atoms with Gasteiger partial charge in [0.05, 0.1) is 19.8 Å². The second-order valence-electron chi connectivity index (χ2n) is 7.01. The number of amides is 2. The van der Waals surface area contributed by atoms with Gasteiger partial charge in [0.15, 0.2) is 0 Å². The molecule has 0 aromatic carbocycles. The quantitative estimate of drug-likeness (QED) is 0.814. The summed E-state index contributed by atoms with van der Waals surface area (Å²) in [6.45, 7) is 8.49. The van der Waals surface area contributed by atoms with E-state index in [1.165, 1.54) is 0 Å². The summed E-state index contributed by atoms with van der Waals surface area (Å²) in [6, 6.07) is 3.72. The molecule has 0 radical (unpaired) electrons. The maximum Gasteiger partial charge on any atom is 0.410 e. The van der Waals surface area contributed by atoms with E-state index in [1.807, 2.05) is 32.9 Å². The number of ether oxygens (including phenoxy) is 2. The van der Waals surface area contributed by atoms with Crippen molar-refractivity contribution >= 4 is 12.0 Å². The van der Waals surface area contributed by atoms with E-state index < -0.39 is 11.7 Å². The van der Waals surface area contributed by atoms with Crippen molar-refractivity contribution in [3.8, 4) is 0 Å². The molecule has 2 rings (SSSR count). The molecular weight excluding hydrogens is 322 g/mol. The van der Waals surface area contributed by atoms with Crippen LogP contribution in [-0.2, 0) is 20.8 Å². The van der Waals surface area contributed by atoms with Gasteiger partial charge in [-0.3, -0.25) is 9.78 Å². The molecule has 25 heavy (non-hydrogen) atoms. The normalized spacial score (nSPS) is 14.9. The topological polar surface area (TPSA) is 72.0 Å². The average molecular weight is 349 g/mol. The zero-order chi connectivity index (χ0) is 18.3. The Kier molecular flexibility index (Phi) is 6.75. The van der Waals surface area contributed by atoms with Gasteiger partial charge >= 0.3 is 6.09 Å². The summed E-state index contributed by atoms with van der Waals surface area (Å²) in [5.74, 6) is 0.0306. The molecule has 0 atom stereocenters. The van der Waals surface area contributed by atoms with Crippen LogP contribution in [0.25, 0.3) is 0 Å². The summed E-state index contributed by atoms with van der Waals surface area (Å²) < 4.78 is 10.7. The van der Waals surface area contributed by atoms with E-state index in [0.29, 0.717) is 39.4 Å². The molecule has 0 N–H and O–H groups in total. The highest BCUT2D eigenvalue weighted by molar-refractivity contribution is 5.77. The number of carbonyl (C=O) groups excluding carboxylic acids is 2. The highest BCUT2D eigenvalue weighted by atomic mass is 16.6. The molecule has 0 saturated carbocycles. The number of aromatic nitrogens is 1. The van der Waals surface area contributed by atoms with E-state index in [4.69, 9.17) is 9.47 Å². The van der Waals surface area contributed by atoms with Crippen molar-refractivity contribution in [2.45, 2.75) is 39.3 Å². The molecule has 0 spiro atoms. The Morgan fingerprint density at radius 1 is 1.32 bits per heavy atom. The molecule has 1 aliphatic heterocycles. The molecule has 2 heterocycles. The lowest BCUT2D eigenvalue weighted by Gasteiger charge is -2.30. The first-order valence-electron chi connectivity index (χ1n) is 8.57. The molecule has 1 aromatic rings. The van der Waals surface area contributed by atoms with Gasteiger partial charge < -0.3 is 19.3 Å². The molecule has 1 fully saturated rings. The van der Waals surface area contributed by atoms with Crippen LogP contribution >= 0.6 is 0 Å². The van der Waals surface area contributed by atoms with Crippen LogP contribution in [-0.4, -0.2) is 65.2 Å². The number of rotatable bonds is 5. The van der Waals surface area contributed by atoms with E-state index in [0.717, 1.165) is 5.56 Å². The average Bonchev–Trinajstić information content (AvgIpc) is 2.58. The molecule has 1 saturated heterocycles. The summed E-state index contributed by atoms with van der Waals surface area (Å²) in [6.07, 6.45) is 3.23. The van der Waals surface area contributed by atoms with Crippen LogP contribution in [0.15, 0.2) is 24.5 Å². The first kappa shape index (κ1) is 19.2. The fraction of sp³-hybridized carbons (Fsp3) is 0.611. The molecule has 0 unspecified atom stereocenters. The minimum Gasteiger partial charge on any atom is -0.444 e. The molecule has 1 aromatic heterocycles. The predicted molar refractivity (Wildman–Crippen MR) is 92.9 cm³/mol. The minimum absolute atomic E-state index is 0.0306. The van der Waals surface area contributed by atoms with Crippen molar-refractivity contribution in [3.05, 3.63) is 30.1 Å². The number of morpholine rings is 1. The molecule has 138 valence electrons. The van der Waals surface area contributed by atoms with Gasteiger partial charge in [0.2, 0.25) is 5.91 Å². The first-order valence-corrected chi connectivity index (χ1v) is 8.57. The Hall–Kier alpha value is -2.15. The van der Waals surface area contributed by atoms with Gasteiger partial charge in [-0.2, -0.15) is 0 Å². The molecule has 7 heteroatoms. The Labute approximate surface area is 148 Å². The number of nitrogens with zero attached hydrogens (tertiary/aromatic N) is 3. The maximum atomic E-state index is 12.5. The van der Waals surface area contributed by atoms with Gasteiger partial charge in [-0.05, 0) is 32.4 Å². The van der Waals surface area contributed by atoms with Gasteiger partial charge in [0.1, 0.15) is 5.60 Å². The Morgan fingerprint density at radius 3 is 2.64 bits per heavy atom. The highest BCUT2D eigenvalue weighted by Crippen LogP contribution is 2.13. The second kappa shape index (κ2) is 8.80. The van der Waals surface area contributed by atoms with Crippen LogP contribution in [0.2, 0.25) is 0 Å². The summed E-state index contributed by atoms with van der Waals surface area (Å²) in [5.41, 5.74) is 0.311. The fourth-order valence-corrected chi connectivity index (χ4v) is 2.47. The monoisotopic (exact) mass is 349 g/mol. The predicted octanol–water partition coefficient (Wildman–Crippen LogP) is 2.07. The molecule has 7 nitrogen and oxygen atoms in total. The van der Waals surface area contributed by atoms with E-state index in [2.05, 4.69) is 4.98 Å². The Morgan fingerprint density at radius 2 is 2.04 bits per heavy atom.